The number of hydrogen-bond donors (Lipinski definition) is 2. The van der Waals surface area contributed by atoms with E-state index < -0.39 is 5.54 Å². The monoisotopic (exact) mass is 430 g/mol. The van der Waals surface area contributed by atoms with E-state index >= 15 is 0 Å². The first-order valence-corrected chi connectivity index (χ1v) is 9.11. The molecule has 5 nitrogen and oxygen atoms in total. The lowest BCUT2D eigenvalue weighted by atomic mass is 9.81. The van der Waals surface area contributed by atoms with Crippen LogP contribution in [0.15, 0.2) is 24.3 Å². The Morgan fingerprint density at radius 1 is 1.17 bits per heavy atom. The predicted octanol–water partition coefficient (Wildman–Crippen LogP) is 3.09. The second-order valence-electron chi connectivity index (χ2n) is 5.77. The van der Waals surface area contributed by atoms with Gasteiger partial charge in [0.2, 0.25) is 5.91 Å². The first-order chi connectivity index (χ1) is 11.1. The minimum absolute atomic E-state index is 0.102. The van der Waals surface area contributed by atoms with Crippen molar-refractivity contribution in [2.45, 2.75) is 44.6 Å². The molecule has 0 atom stereocenters. The van der Waals surface area contributed by atoms with E-state index in [0.717, 1.165) is 41.4 Å². The zero-order valence-electron chi connectivity index (χ0n) is 13.4. The molecule has 6 heteroatoms. The van der Waals surface area contributed by atoms with Gasteiger partial charge in [-0.25, -0.2) is 0 Å². The summed E-state index contributed by atoms with van der Waals surface area (Å²) in [6.07, 6.45) is 4.53. The number of anilines is 1. The van der Waals surface area contributed by atoms with Crippen LogP contribution in [0.4, 0.5) is 5.69 Å². The third kappa shape index (κ3) is 5.17. The minimum Gasteiger partial charge on any atom is -0.465 e. The smallest absolute Gasteiger partial charge is 0.326 e. The number of ether oxygens (including phenoxy) is 1. The van der Waals surface area contributed by atoms with Crippen molar-refractivity contribution >= 4 is 40.2 Å². The number of nitrogens with one attached hydrogen (secondary N) is 2. The second-order valence-corrected chi connectivity index (χ2v) is 7.02. The fourth-order valence-electron chi connectivity index (χ4n) is 2.87. The highest BCUT2D eigenvalue weighted by atomic mass is 127. The number of benzene rings is 1. The zero-order chi connectivity index (χ0) is 16.7. The molecule has 0 unspecified atom stereocenters. The summed E-state index contributed by atoms with van der Waals surface area (Å²) in [6, 6.07) is 7.60. The molecule has 1 aliphatic carbocycles. The molecule has 23 heavy (non-hydrogen) atoms. The number of amides is 1. The maximum Gasteiger partial charge on any atom is 0.326 e. The summed E-state index contributed by atoms with van der Waals surface area (Å²) in [4.78, 5) is 24.4. The lowest BCUT2D eigenvalue weighted by Gasteiger charge is -2.35. The SMILES string of the molecule is CCOC(=O)C1(NCC(=O)Nc2ccc(I)cc2)CCCCC1. The summed E-state index contributed by atoms with van der Waals surface area (Å²) < 4.78 is 6.33. The highest BCUT2D eigenvalue weighted by Gasteiger charge is 2.40. The van der Waals surface area contributed by atoms with Gasteiger partial charge >= 0.3 is 5.97 Å². The molecule has 0 radical (unpaired) electrons. The van der Waals surface area contributed by atoms with Gasteiger partial charge in [0.1, 0.15) is 5.54 Å². The summed E-state index contributed by atoms with van der Waals surface area (Å²) in [5.41, 5.74) is 0.0449. The van der Waals surface area contributed by atoms with Crippen LogP contribution in [0.3, 0.4) is 0 Å². The lowest BCUT2D eigenvalue weighted by molar-refractivity contribution is -0.152. The van der Waals surface area contributed by atoms with Gasteiger partial charge in [0.25, 0.3) is 0 Å². The molecule has 1 fully saturated rings. The van der Waals surface area contributed by atoms with Crippen molar-refractivity contribution < 1.29 is 14.3 Å². The van der Waals surface area contributed by atoms with E-state index in [-0.39, 0.29) is 18.4 Å². The third-order valence-electron chi connectivity index (χ3n) is 4.09. The van der Waals surface area contributed by atoms with E-state index in [0.29, 0.717) is 6.61 Å². The largest absolute Gasteiger partial charge is 0.465 e. The Hall–Kier alpha value is -1.15. The van der Waals surface area contributed by atoms with Gasteiger partial charge in [-0.2, -0.15) is 0 Å². The van der Waals surface area contributed by atoms with Gasteiger partial charge in [-0.3, -0.25) is 14.9 Å². The van der Waals surface area contributed by atoms with Crippen molar-refractivity contribution in [3.8, 4) is 0 Å². The van der Waals surface area contributed by atoms with Gasteiger partial charge < -0.3 is 10.1 Å². The normalized spacial score (nSPS) is 16.6. The molecule has 126 valence electrons. The highest BCUT2D eigenvalue weighted by Crippen LogP contribution is 2.29. The van der Waals surface area contributed by atoms with Gasteiger partial charge in [-0.15, -0.1) is 0 Å². The van der Waals surface area contributed by atoms with Gasteiger partial charge in [0.05, 0.1) is 13.2 Å². The molecule has 1 aliphatic rings. The summed E-state index contributed by atoms with van der Waals surface area (Å²) >= 11 is 2.22. The Labute approximate surface area is 150 Å². The number of halogens is 1. The predicted molar refractivity (Wildman–Crippen MR) is 98.2 cm³/mol. The Morgan fingerprint density at radius 3 is 2.43 bits per heavy atom. The molecule has 2 rings (SSSR count). The van der Waals surface area contributed by atoms with Crippen molar-refractivity contribution in [3.63, 3.8) is 0 Å². The Balaban J connectivity index is 1.93. The summed E-state index contributed by atoms with van der Waals surface area (Å²) in [5.74, 6) is -0.387. The maximum atomic E-state index is 12.3. The molecule has 1 saturated carbocycles. The van der Waals surface area contributed by atoms with Crippen LogP contribution in [-0.2, 0) is 14.3 Å². The molecule has 0 spiro atoms. The van der Waals surface area contributed by atoms with Gasteiger partial charge in [-0.05, 0) is 66.6 Å². The van der Waals surface area contributed by atoms with Crippen molar-refractivity contribution in [1.82, 2.24) is 5.32 Å². The van der Waals surface area contributed by atoms with Crippen LogP contribution in [-0.4, -0.2) is 30.6 Å². The average Bonchev–Trinajstić information content (AvgIpc) is 2.56. The van der Waals surface area contributed by atoms with E-state index in [2.05, 4.69) is 33.2 Å². The van der Waals surface area contributed by atoms with Crippen molar-refractivity contribution in [2.24, 2.45) is 0 Å². The molecule has 0 bridgehead atoms. The number of carbonyl (C=O) groups excluding carboxylic acids is 2. The quantitative estimate of drug-likeness (QED) is 0.538. The van der Waals surface area contributed by atoms with Gasteiger partial charge in [-0.1, -0.05) is 19.3 Å². The Morgan fingerprint density at radius 2 is 1.83 bits per heavy atom. The molecular weight excluding hydrogens is 407 g/mol. The molecule has 2 N–H and O–H groups in total. The van der Waals surface area contributed by atoms with Crippen LogP contribution < -0.4 is 10.6 Å². The molecule has 1 amide bonds. The number of hydrogen-bond acceptors (Lipinski definition) is 4. The van der Waals surface area contributed by atoms with Gasteiger partial charge in [0, 0.05) is 9.26 Å². The third-order valence-corrected chi connectivity index (χ3v) is 4.81. The van der Waals surface area contributed by atoms with Crippen molar-refractivity contribution in [2.75, 3.05) is 18.5 Å². The first kappa shape index (κ1) is 18.2. The van der Waals surface area contributed by atoms with Crippen LogP contribution in [0.5, 0.6) is 0 Å². The molecule has 0 aliphatic heterocycles. The van der Waals surface area contributed by atoms with E-state index in [9.17, 15) is 9.59 Å². The highest BCUT2D eigenvalue weighted by molar-refractivity contribution is 14.1. The Kier molecular flexibility index (Phi) is 6.83. The summed E-state index contributed by atoms with van der Waals surface area (Å²) in [6.45, 7) is 2.26. The van der Waals surface area contributed by atoms with E-state index in [1.54, 1.807) is 6.92 Å². The van der Waals surface area contributed by atoms with Crippen molar-refractivity contribution in [3.05, 3.63) is 27.8 Å². The molecule has 0 saturated heterocycles. The van der Waals surface area contributed by atoms with Crippen LogP contribution >= 0.6 is 22.6 Å². The number of esters is 1. The van der Waals surface area contributed by atoms with Crippen LogP contribution in [0, 0.1) is 3.57 Å². The van der Waals surface area contributed by atoms with E-state index in [1.807, 2.05) is 24.3 Å². The summed E-state index contributed by atoms with van der Waals surface area (Å²) in [7, 11) is 0. The fraction of sp³-hybridized carbons (Fsp3) is 0.529. The maximum absolute atomic E-state index is 12.3. The second kappa shape index (κ2) is 8.63. The van der Waals surface area contributed by atoms with Crippen molar-refractivity contribution in [1.29, 1.82) is 0 Å². The van der Waals surface area contributed by atoms with Crippen LogP contribution in [0.1, 0.15) is 39.0 Å². The van der Waals surface area contributed by atoms with Crippen LogP contribution in [0.2, 0.25) is 0 Å². The topological polar surface area (TPSA) is 67.4 Å². The van der Waals surface area contributed by atoms with E-state index in [4.69, 9.17) is 4.74 Å². The summed E-state index contributed by atoms with van der Waals surface area (Å²) in [5, 5.41) is 6.00. The number of rotatable bonds is 6. The van der Waals surface area contributed by atoms with Crippen LogP contribution in [0.25, 0.3) is 0 Å². The average molecular weight is 430 g/mol. The molecule has 1 aromatic rings. The molecule has 0 aromatic heterocycles. The molecule has 0 heterocycles. The fourth-order valence-corrected chi connectivity index (χ4v) is 3.23. The standard InChI is InChI=1S/C17H23IN2O3/c1-2-23-16(22)17(10-4-3-5-11-17)19-12-15(21)20-14-8-6-13(18)7-9-14/h6-9,19H,2-5,10-12H2,1H3,(H,20,21). The Bertz CT molecular complexity index is 539. The first-order valence-electron chi connectivity index (χ1n) is 8.03. The molecular formula is C17H23IN2O3. The number of carbonyl (C=O) groups is 2. The van der Waals surface area contributed by atoms with Gasteiger partial charge in [0.15, 0.2) is 0 Å². The van der Waals surface area contributed by atoms with E-state index in [1.165, 1.54) is 0 Å². The zero-order valence-corrected chi connectivity index (χ0v) is 15.5. The lowest BCUT2D eigenvalue weighted by Crippen LogP contribution is -2.56. The molecule has 1 aromatic carbocycles. The minimum atomic E-state index is -0.711.